The molecule has 1 saturated carbocycles. The van der Waals surface area contributed by atoms with Crippen LogP contribution in [0.25, 0.3) is 0 Å². The van der Waals surface area contributed by atoms with Crippen molar-refractivity contribution in [2.24, 2.45) is 0 Å². The Balaban J connectivity index is 1.36. The Morgan fingerprint density at radius 1 is 1.30 bits per heavy atom. The zero-order valence-electron chi connectivity index (χ0n) is 12.4. The van der Waals surface area contributed by atoms with Gasteiger partial charge in [-0.2, -0.15) is 5.10 Å². The minimum Gasteiger partial charge on any atom is -0.454 e. The van der Waals surface area contributed by atoms with Crippen LogP contribution in [-0.2, 0) is 17.9 Å². The fourth-order valence-corrected chi connectivity index (χ4v) is 2.51. The summed E-state index contributed by atoms with van der Waals surface area (Å²) in [4.78, 5) is 24.0. The van der Waals surface area contributed by atoms with Crippen LogP contribution >= 0.6 is 0 Å². The summed E-state index contributed by atoms with van der Waals surface area (Å²) in [5.41, 5.74) is 0.671. The van der Waals surface area contributed by atoms with Crippen LogP contribution in [0.5, 0.6) is 11.5 Å². The first kappa shape index (κ1) is 13.9. The monoisotopic (exact) mass is 316 g/mol. The molecule has 2 aliphatic rings. The largest absolute Gasteiger partial charge is 0.454 e. The summed E-state index contributed by atoms with van der Waals surface area (Å²) >= 11 is 0. The number of nitrogens with one attached hydrogen (secondary N) is 1. The SMILES string of the molecule is O=C(Cn1ncn(C2CC2)c1=O)NCc1ccc2c(c1)OCO2. The summed E-state index contributed by atoms with van der Waals surface area (Å²) < 4.78 is 13.3. The highest BCUT2D eigenvalue weighted by atomic mass is 16.7. The van der Waals surface area contributed by atoms with Crippen molar-refractivity contribution in [1.82, 2.24) is 19.7 Å². The first-order valence-electron chi connectivity index (χ1n) is 7.50. The van der Waals surface area contributed by atoms with Crippen LogP contribution < -0.4 is 20.5 Å². The molecule has 2 aromatic rings. The summed E-state index contributed by atoms with van der Waals surface area (Å²) in [5, 5.41) is 6.76. The van der Waals surface area contributed by atoms with Crippen molar-refractivity contribution >= 4 is 5.91 Å². The average molecular weight is 316 g/mol. The van der Waals surface area contributed by atoms with Crippen molar-refractivity contribution < 1.29 is 14.3 Å². The molecule has 4 rings (SSSR count). The smallest absolute Gasteiger partial charge is 0.346 e. The van der Waals surface area contributed by atoms with Crippen molar-refractivity contribution in [3.8, 4) is 11.5 Å². The molecular weight excluding hydrogens is 300 g/mol. The molecule has 1 aromatic heterocycles. The third-order valence-electron chi connectivity index (χ3n) is 3.92. The number of carbonyl (C=O) groups is 1. The first-order valence-corrected chi connectivity index (χ1v) is 7.50. The number of amides is 1. The van der Waals surface area contributed by atoms with Crippen LogP contribution in [0.1, 0.15) is 24.4 Å². The zero-order valence-corrected chi connectivity index (χ0v) is 12.4. The van der Waals surface area contributed by atoms with E-state index in [1.807, 2.05) is 18.2 Å². The van der Waals surface area contributed by atoms with Gasteiger partial charge in [0.15, 0.2) is 11.5 Å². The second-order valence-electron chi connectivity index (χ2n) is 5.67. The number of ether oxygens (including phenoxy) is 2. The van der Waals surface area contributed by atoms with E-state index in [1.165, 1.54) is 11.0 Å². The predicted octanol–water partition coefficient (Wildman–Crippen LogP) is 0.425. The van der Waals surface area contributed by atoms with E-state index in [0.717, 1.165) is 18.4 Å². The maximum atomic E-state index is 12.0. The van der Waals surface area contributed by atoms with Crippen LogP contribution in [-0.4, -0.2) is 27.0 Å². The quantitative estimate of drug-likeness (QED) is 0.864. The van der Waals surface area contributed by atoms with Gasteiger partial charge in [-0.3, -0.25) is 9.36 Å². The van der Waals surface area contributed by atoms with Gasteiger partial charge in [0.05, 0.1) is 0 Å². The molecule has 1 aromatic carbocycles. The van der Waals surface area contributed by atoms with Crippen molar-refractivity contribution in [2.45, 2.75) is 32.0 Å². The van der Waals surface area contributed by atoms with Gasteiger partial charge in [-0.15, -0.1) is 0 Å². The van der Waals surface area contributed by atoms with Crippen LogP contribution in [0.4, 0.5) is 0 Å². The van der Waals surface area contributed by atoms with Crippen molar-refractivity contribution in [1.29, 1.82) is 0 Å². The highest BCUT2D eigenvalue weighted by Crippen LogP contribution is 2.33. The van der Waals surface area contributed by atoms with E-state index < -0.39 is 0 Å². The van der Waals surface area contributed by atoms with Crippen LogP contribution in [0, 0.1) is 0 Å². The maximum Gasteiger partial charge on any atom is 0.346 e. The normalized spacial score (nSPS) is 15.7. The van der Waals surface area contributed by atoms with Crippen LogP contribution in [0.2, 0.25) is 0 Å². The number of hydrogen-bond acceptors (Lipinski definition) is 5. The fraction of sp³-hybridized carbons (Fsp3) is 0.400. The molecule has 1 aliphatic carbocycles. The van der Waals surface area contributed by atoms with E-state index in [0.29, 0.717) is 18.0 Å². The van der Waals surface area contributed by atoms with Gasteiger partial charge in [0.2, 0.25) is 12.7 Å². The highest BCUT2D eigenvalue weighted by molar-refractivity contribution is 5.75. The Labute approximate surface area is 131 Å². The molecule has 0 bridgehead atoms. The summed E-state index contributed by atoms with van der Waals surface area (Å²) in [6.45, 7) is 0.494. The van der Waals surface area contributed by atoms with Crippen molar-refractivity contribution in [3.05, 3.63) is 40.6 Å². The topological polar surface area (TPSA) is 87.4 Å². The molecule has 1 N–H and O–H groups in total. The fourth-order valence-electron chi connectivity index (χ4n) is 2.51. The predicted molar refractivity (Wildman–Crippen MR) is 79.2 cm³/mol. The molecule has 0 unspecified atom stereocenters. The molecule has 0 atom stereocenters. The summed E-state index contributed by atoms with van der Waals surface area (Å²) in [6, 6.07) is 5.76. The van der Waals surface area contributed by atoms with Gasteiger partial charge in [0.1, 0.15) is 12.9 Å². The zero-order chi connectivity index (χ0) is 15.8. The molecule has 1 amide bonds. The van der Waals surface area contributed by atoms with Crippen molar-refractivity contribution in [2.75, 3.05) is 6.79 Å². The van der Waals surface area contributed by atoms with E-state index in [1.54, 1.807) is 4.57 Å². The average Bonchev–Trinajstić information content (AvgIpc) is 3.17. The Bertz CT molecular complexity index is 806. The molecule has 8 heteroatoms. The maximum absolute atomic E-state index is 12.0. The summed E-state index contributed by atoms with van der Waals surface area (Å²) in [7, 11) is 0. The van der Waals surface area contributed by atoms with Crippen LogP contribution in [0.3, 0.4) is 0 Å². The third-order valence-corrected chi connectivity index (χ3v) is 3.92. The number of aromatic nitrogens is 3. The van der Waals surface area contributed by atoms with Gasteiger partial charge < -0.3 is 14.8 Å². The van der Waals surface area contributed by atoms with Gasteiger partial charge in [-0.25, -0.2) is 9.48 Å². The minimum atomic E-state index is -0.259. The Kier molecular flexibility index (Phi) is 3.29. The van der Waals surface area contributed by atoms with Gasteiger partial charge in [0, 0.05) is 12.6 Å². The minimum absolute atomic E-state index is 0.0803. The van der Waals surface area contributed by atoms with E-state index in [-0.39, 0.29) is 31.0 Å². The van der Waals surface area contributed by atoms with Gasteiger partial charge in [0.25, 0.3) is 0 Å². The number of benzene rings is 1. The Morgan fingerprint density at radius 2 is 2.13 bits per heavy atom. The molecule has 1 fully saturated rings. The summed E-state index contributed by atoms with van der Waals surface area (Å²) in [6.07, 6.45) is 3.51. The number of carbonyl (C=O) groups excluding carboxylic acids is 1. The lowest BCUT2D eigenvalue weighted by molar-refractivity contribution is -0.122. The van der Waals surface area contributed by atoms with Gasteiger partial charge in [-0.05, 0) is 30.5 Å². The molecule has 1 aliphatic heterocycles. The second kappa shape index (κ2) is 5.45. The number of rotatable bonds is 5. The van der Waals surface area contributed by atoms with Gasteiger partial charge in [-0.1, -0.05) is 6.07 Å². The summed E-state index contributed by atoms with van der Waals surface area (Å²) in [5.74, 6) is 1.12. The lowest BCUT2D eigenvalue weighted by atomic mass is 10.2. The van der Waals surface area contributed by atoms with E-state index in [2.05, 4.69) is 10.4 Å². The first-order chi connectivity index (χ1) is 11.2. The van der Waals surface area contributed by atoms with Crippen LogP contribution in [0.15, 0.2) is 29.3 Å². The third kappa shape index (κ3) is 2.79. The lowest BCUT2D eigenvalue weighted by Crippen LogP contribution is -2.33. The standard InChI is InChI=1S/C15H16N4O4/c20-14(7-19-15(21)18(8-17-19)11-2-3-11)16-6-10-1-4-12-13(5-10)23-9-22-12/h1,4-5,8,11H,2-3,6-7,9H2,(H,16,20). The molecular formula is C15H16N4O4. The molecule has 0 radical (unpaired) electrons. The molecule has 8 nitrogen and oxygen atoms in total. The van der Waals surface area contributed by atoms with Gasteiger partial charge >= 0.3 is 5.69 Å². The van der Waals surface area contributed by atoms with Crippen molar-refractivity contribution in [3.63, 3.8) is 0 Å². The molecule has 2 heterocycles. The second-order valence-corrected chi connectivity index (χ2v) is 5.67. The Hall–Kier alpha value is -2.77. The number of nitrogens with zero attached hydrogens (tertiary/aromatic N) is 3. The van der Waals surface area contributed by atoms with E-state index in [9.17, 15) is 9.59 Å². The molecule has 120 valence electrons. The molecule has 0 saturated heterocycles. The number of fused-ring (bicyclic) bond motifs is 1. The molecule has 0 spiro atoms. The lowest BCUT2D eigenvalue weighted by Gasteiger charge is -2.06. The number of hydrogen-bond donors (Lipinski definition) is 1. The van der Waals surface area contributed by atoms with E-state index in [4.69, 9.17) is 9.47 Å². The highest BCUT2D eigenvalue weighted by Gasteiger charge is 2.26. The Morgan fingerprint density at radius 3 is 2.96 bits per heavy atom. The molecule has 23 heavy (non-hydrogen) atoms. The van der Waals surface area contributed by atoms with E-state index >= 15 is 0 Å².